The summed E-state index contributed by atoms with van der Waals surface area (Å²) in [6.07, 6.45) is 7.41. The van der Waals surface area contributed by atoms with E-state index in [0.717, 1.165) is 17.8 Å². The molecule has 18 heavy (non-hydrogen) atoms. The molecule has 0 aliphatic carbocycles. The van der Waals surface area contributed by atoms with Crippen molar-refractivity contribution in [2.45, 2.75) is 20.3 Å². The first-order chi connectivity index (χ1) is 8.81. The van der Waals surface area contributed by atoms with Crippen LogP contribution in [0.4, 0.5) is 5.69 Å². The van der Waals surface area contributed by atoms with E-state index in [2.05, 4.69) is 79.9 Å². The first-order valence-electron chi connectivity index (χ1n) is 6.39. The second-order valence-corrected chi connectivity index (χ2v) is 4.34. The van der Waals surface area contributed by atoms with Crippen LogP contribution in [-0.4, -0.2) is 0 Å². The number of allylic oxidation sites excluding steroid dienone is 4. The molecule has 0 atom stereocenters. The number of benzene rings is 2. The van der Waals surface area contributed by atoms with Crippen LogP contribution in [0.3, 0.4) is 0 Å². The van der Waals surface area contributed by atoms with Gasteiger partial charge in [-0.05, 0) is 30.9 Å². The summed E-state index contributed by atoms with van der Waals surface area (Å²) in [7, 11) is 0. The Balaban J connectivity index is 2.26. The van der Waals surface area contributed by atoms with Crippen molar-refractivity contribution in [1.82, 2.24) is 0 Å². The highest BCUT2D eigenvalue weighted by Gasteiger charge is 1.99. The third-order valence-electron chi connectivity index (χ3n) is 2.84. The lowest BCUT2D eigenvalue weighted by Gasteiger charge is -2.09. The van der Waals surface area contributed by atoms with Gasteiger partial charge < -0.3 is 5.32 Å². The van der Waals surface area contributed by atoms with E-state index >= 15 is 0 Å². The van der Waals surface area contributed by atoms with Crippen molar-refractivity contribution in [1.29, 1.82) is 0 Å². The van der Waals surface area contributed by atoms with E-state index in [1.54, 1.807) is 0 Å². The molecule has 0 fully saturated rings. The van der Waals surface area contributed by atoms with Crippen molar-refractivity contribution in [3.63, 3.8) is 0 Å². The van der Waals surface area contributed by atoms with Gasteiger partial charge in [0, 0.05) is 16.8 Å². The molecule has 2 aromatic rings. The zero-order chi connectivity index (χ0) is 12.8. The van der Waals surface area contributed by atoms with Crippen LogP contribution in [0.25, 0.3) is 10.8 Å². The molecule has 0 spiro atoms. The summed E-state index contributed by atoms with van der Waals surface area (Å²) in [5, 5.41) is 5.97. The topological polar surface area (TPSA) is 12.0 Å². The van der Waals surface area contributed by atoms with Crippen LogP contribution in [0.15, 0.2) is 66.4 Å². The normalized spacial score (nSPS) is 12.2. The van der Waals surface area contributed by atoms with Gasteiger partial charge in [0.25, 0.3) is 0 Å². The Labute approximate surface area is 109 Å². The molecule has 0 aliphatic heterocycles. The van der Waals surface area contributed by atoms with Crippen LogP contribution < -0.4 is 5.32 Å². The van der Waals surface area contributed by atoms with Crippen molar-refractivity contribution in [3.05, 3.63) is 66.4 Å². The van der Waals surface area contributed by atoms with E-state index in [-0.39, 0.29) is 0 Å². The maximum atomic E-state index is 3.45. The van der Waals surface area contributed by atoms with E-state index in [0.29, 0.717) is 0 Å². The second-order valence-electron chi connectivity index (χ2n) is 4.34. The molecular weight excluding hydrogens is 218 g/mol. The molecular formula is C17H19N. The predicted molar refractivity (Wildman–Crippen MR) is 80.8 cm³/mol. The molecule has 0 radical (unpaired) electrons. The summed E-state index contributed by atoms with van der Waals surface area (Å²) in [4.78, 5) is 0. The van der Waals surface area contributed by atoms with Crippen LogP contribution >= 0.6 is 0 Å². The van der Waals surface area contributed by atoms with Gasteiger partial charge >= 0.3 is 0 Å². The summed E-state index contributed by atoms with van der Waals surface area (Å²) < 4.78 is 0. The molecule has 0 aromatic heterocycles. The molecule has 0 bridgehead atoms. The molecule has 0 saturated carbocycles. The Hall–Kier alpha value is -2.02. The molecule has 0 unspecified atom stereocenters. The first kappa shape index (κ1) is 12.4. The minimum atomic E-state index is 1.07. The number of anilines is 1. The number of rotatable bonds is 4. The minimum absolute atomic E-state index is 1.07. The summed E-state index contributed by atoms with van der Waals surface area (Å²) in [5.41, 5.74) is 2.31. The van der Waals surface area contributed by atoms with Crippen molar-refractivity contribution in [2.24, 2.45) is 0 Å². The first-order valence-corrected chi connectivity index (χ1v) is 6.39. The quantitative estimate of drug-likeness (QED) is 0.727. The van der Waals surface area contributed by atoms with Gasteiger partial charge in [-0.3, -0.25) is 0 Å². The number of fused-ring (bicyclic) bond motifs is 1. The third-order valence-corrected chi connectivity index (χ3v) is 2.84. The smallest absolute Gasteiger partial charge is 0.0461 e. The van der Waals surface area contributed by atoms with Gasteiger partial charge in [-0.2, -0.15) is 0 Å². The summed E-state index contributed by atoms with van der Waals surface area (Å²) in [6, 6.07) is 14.8. The Bertz CT molecular complexity index is 574. The molecule has 0 saturated heterocycles. The van der Waals surface area contributed by atoms with E-state index in [4.69, 9.17) is 0 Å². The van der Waals surface area contributed by atoms with Gasteiger partial charge in [-0.1, -0.05) is 55.5 Å². The number of nitrogens with one attached hydrogen (secondary N) is 1. The monoisotopic (exact) mass is 237 g/mol. The standard InChI is InChI=1S/C17H19N/c1-3-4-5-9-14(2)18-17-13-8-11-15-10-6-7-12-16(15)17/h4-13,18H,3H2,1-2H3/b5-4-,14-9+. The van der Waals surface area contributed by atoms with E-state index in [1.165, 1.54) is 10.8 Å². The molecule has 0 aliphatic rings. The van der Waals surface area contributed by atoms with Gasteiger partial charge in [-0.15, -0.1) is 0 Å². The lowest BCUT2D eigenvalue weighted by Crippen LogP contribution is -1.95. The van der Waals surface area contributed by atoms with Crippen molar-refractivity contribution >= 4 is 16.5 Å². The maximum Gasteiger partial charge on any atom is 0.0461 e. The lowest BCUT2D eigenvalue weighted by atomic mass is 10.1. The molecule has 2 rings (SSSR count). The van der Waals surface area contributed by atoms with Gasteiger partial charge in [0.15, 0.2) is 0 Å². The SMILES string of the molecule is CC/C=C\C=C(/C)Nc1cccc2ccccc12. The Kier molecular flexibility index (Phi) is 4.19. The zero-order valence-electron chi connectivity index (χ0n) is 11.0. The number of hydrogen-bond acceptors (Lipinski definition) is 1. The molecule has 1 nitrogen and oxygen atoms in total. The summed E-state index contributed by atoms with van der Waals surface area (Å²) in [6.45, 7) is 4.22. The van der Waals surface area contributed by atoms with Gasteiger partial charge in [0.05, 0.1) is 0 Å². The van der Waals surface area contributed by atoms with Crippen molar-refractivity contribution in [2.75, 3.05) is 5.32 Å². The fraction of sp³-hybridized carbons (Fsp3) is 0.176. The van der Waals surface area contributed by atoms with Gasteiger partial charge in [0.1, 0.15) is 0 Å². The fourth-order valence-electron chi connectivity index (χ4n) is 1.94. The van der Waals surface area contributed by atoms with E-state index in [1.807, 2.05) is 0 Å². The third kappa shape index (κ3) is 3.01. The second kappa shape index (κ2) is 6.06. The average molecular weight is 237 g/mol. The lowest BCUT2D eigenvalue weighted by molar-refractivity contribution is 1.22. The van der Waals surface area contributed by atoms with Crippen molar-refractivity contribution in [3.8, 4) is 0 Å². The van der Waals surface area contributed by atoms with Crippen LogP contribution in [0.2, 0.25) is 0 Å². The molecule has 2 aromatic carbocycles. The predicted octanol–water partition coefficient (Wildman–Crippen LogP) is 5.12. The molecule has 1 N–H and O–H groups in total. The Morgan fingerprint density at radius 3 is 2.72 bits per heavy atom. The molecule has 0 heterocycles. The van der Waals surface area contributed by atoms with Gasteiger partial charge in [-0.25, -0.2) is 0 Å². The molecule has 0 amide bonds. The minimum Gasteiger partial charge on any atom is -0.359 e. The Morgan fingerprint density at radius 1 is 1.11 bits per heavy atom. The number of hydrogen-bond donors (Lipinski definition) is 1. The van der Waals surface area contributed by atoms with Crippen LogP contribution in [-0.2, 0) is 0 Å². The highest BCUT2D eigenvalue weighted by Crippen LogP contribution is 2.23. The van der Waals surface area contributed by atoms with Crippen LogP contribution in [0.5, 0.6) is 0 Å². The average Bonchev–Trinajstić information content (AvgIpc) is 2.39. The molecule has 92 valence electrons. The van der Waals surface area contributed by atoms with E-state index < -0.39 is 0 Å². The van der Waals surface area contributed by atoms with Crippen LogP contribution in [0.1, 0.15) is 20.3 Å². The Morgan fingerprint density at radius 2 is 1.89 bits per heavy atom. The largest absolute Gasteiger partial charge is 0.359 e. The molecule has 1 heteroatoms. The highest BCUT2D eigenvalue weighted by atomic mass is 14.9. The maximum absolute atomic E-state index is 3.45. The van der Waals surface area contributed by atoms with Crippen molar-refractivity contribution < 1.29 is 0 Å². The highest BCUT2D eigenvalue weighted by molar-refractivity contribution is 5.94. The summed E-state index contributed by atoms with van der Waals surface area (Å²) >= 11 is 0. The zero-order valence-corrected chi connectivity index (χ0v) is 11.0. The van der Waals surface area contributed by atoms with Gasteiger partial charge in [0.2, 0.25) is 0 Å². The summed E-state index contributed by atoms with van der Waals surface area (Å²) in [5.74, 6) is 0. The van der Waals surface area contributed by atoms with E-state index in [9.17, 15) is 0 Å². The fourth-order valence-corrected chi connectivity index (χ4v) is 1.94. The van der Waals surface area contributed by atoms with Crippen LogP contribution in [0, 0.1) is 0 Å².